The number of fused-ring (bicyclic) bond motifs is 3. The van der Waals surface area contributed by atoms with Gasteiger partial charge in [0, 0.05) is 33.0 Å². The van der Waals surface area contributed by atoms with Gasteiger partial charge in [0.25, 0.3) is 5.56 Å². The number of esters is 3. The minimum Gasteiger partial charge on any atom is -0.463 e. The molecule has 0 aliphatic carbocycles. The summed E-state index contributed by atoms with van der Waals surface area (Å²) in [7, 11) is 0. The summed E-state index contributed by atoms with van der Waals surface area (Å²) in [5.41, 5.74) is -2.03. The fourth-order valence-electron chi connectivity index (χ4n) is 3.12. The summed E-state index contributed by atoms with van der Waals surface area (Å²) in [5, 5.41) is 0. The number of aromatic nitrogens is 2. The number of hydrogen-bond acceptors (Lipinski definition) is 10. The van der Waals surface area contributed by atoms with Crippen molar-refractivity contribution in [3.05, 3.63) is 22.6 Å². The summed E-state index contributed by atoms with van der Waals surface area (Å²) in [5.74, 6) is -1.77. The smallest absolute Gasteiger partial charge is 0.303 e. The molecule has 3 heterocycles. The van der Waals surface area contributed by atoms with Crippen molar-refractivity contribution < 1.29 is 38.1 Å². The lowest BCUT2D eigenvalue weighted by atomic mass is 9.94. The summed E-state index contributed by atoms with van der Waals surface area (Å²) < 4.78 is 28.6. The van der Waals surface area contributed by atoms with E-state index in [9.17, 15) is 19.2 Å². The van der Waals surface area contributed by atoms with Gasteiger partial charge in [-0.3, -0.25) is 23.7 Å². The Balaban J connectivity index is 2.01. The first-order valence-electron chi connectivity index (χ1n) is 8.10. The van der Waals surface area contributed by atoms with Crippen LogP contribution in [0.2, 0.25) is 0 Å². The predicted octanol–water partition coefficient (Wildman–Crippen LogP) is -0.670. The molecule has 1 aromatic heterocycles. The lowest BCUT2D eigenvalue weighted by molar-refractivity contribution is -0.168. The molecule has 1 aromatic rings. The number of rotatable bonds is 5. The maximum Gasteiger partial charge on any atom is 0.303 e. The Morgan fingerprint density at radius 3 is 2.52 bits per heavy atom. The molecule has 0 aromatic carbocycles. The average molecular weight is 382 g/mol. The molecule has 4 unspecified atom stereocenters. The topological polar surface area (TPSA) is 132 Å². The van der Waals surface area contributed by atoms with E-state index >= 15 is 0 Å². The Labute approximate surface area is 153 Å². The normalized spacial score (nSPS) is 27.9. The number of nitrogens with zero attached hydrogens (tertiary/aromatic N) is 2. The van der Waals surface area contributed by atoms with Crippen LogP contribution in [0.25, 0.3) is 0 Å². The molecule has 0 bridgehead atoms. The SMILES string of the molecule is CC(=O)OCC1OC2n3ccc(=O)nc3OC2(COC(C)=O)C1OC(C)=O. The molecular weight excluding hydrogens is 364 g/mol. The Hall–Kier alpha value is -2.95. The van der Waals surface area contributed by atoms with Crippen LogP contribution < -0.4 is 10.3 Å². The van der Waals surface area contributed by atoms with Gasteiger partial charge in [-0.1, -0.05) is 0 Å². The maximum atomic E-state index is 11.7. The van der Waals surface area contributed by atoms with Crippen LogP contribution in [0.15, 0.2) is 17.1 Å². The third kappa shape index (κ3) is 3.50. The first-order valence-corrected chi connectivity index (χ1v) is 8.10. The molecule has 0 spiro atoms. The Morgan fingerprint density at radius 2 is 1.89 bits per heavy atom. The molecule has 0 radical (unpaired) electrons. The zero-order valence-electron chi connectivity index (χ0n) is 14.9. The van der Waals surface area contributed by atoms with Crippen LogP contribution in [0.5, 0.6) is 6.01 Å². The van der Waals surface area contributed by atoms with Crippen LogP contribution in [0.3, 0.4) is 0 Å². The summed E-state index contributed by atoms with van der Waals surface area (Å²) in [6.07, 6.45) is -1.49. The van der Waals surface area contributed by atoms with Gasteiger partial charge < -0.3 is 23.7 Å². The van der Waals surface area contributed by atoms with Crippen LogP contribution in [0.1, 0.15) is 27.0 Å². The molecule has 0 amide bonds. The summed E-state index contributed by atoms with van der Waals surface area (Å²) in [4.78, 5) is 49.5. The second-order valence-electron chi connectivity index (χ2n) is 6.15. The van der Waals surface area contributed by atoms with E-state index in [0.29, 0.717) is 0 Å². The molecule has 1 fully saturated rings. The first-order chi connectivity index (χ1) is 12.7. The highest BCUT2D eigenvalue weighted by atomic mass is 16.7. The molecule has 2 aliphatic rings. The maximum absolute atomic E-state index is 11.7. The molecule has 0 N–H and O–H groups in total. The minimum atomic E-state index is -1.49. The zero-order chi connectivity index (χ0) is 19.8. The molecule has 11 heteroatoms. The van der Waals surface area contributed by atoms with E-state index in [1.165, 1.54) is 37.6 Å². The number of carbonyl (C=O) groups is 3. The number of ether oxygens (including phenoxy) is 5. The van der Waals surface area contributed by atoms with Crippen molar-refractivity contribution >= 4 is 17.9 Å². The molecule has 146 valence electrons. The highest BCUT2D eigenvalue weighted by molar-refractivity contribution is 5.67. The Bertz CT molecular complexity index is 835. The molecule has 4 atom stereocenters. The summed E-state index contributed by atoms with van der Waals surface area (Å²) >= 11 is 0. The van der Waals surface area contributed by atoms with Crippen LogP contribution in [0.4, 0.5) is 0 Å². The van der Waals surface area contributed by atoms with Gasteiger partial charge in [0.05, 0.1) is 0 Å². The van der Waals surface area contributed by atoms with Crippen LogP contribution >= 0.6 is 0 Å². The van der Waals surface area contributed by atoms with Crippen LogP contribution in [0, 0.1) is 0 Å². The summed E-state index contributed by atoms with van der Waals surface area (Å²) in [6, 6.07) is 1.14. The van der Waals surface area contributed by atoms with E-state index in [1.807, 2.05) is 0 Å². The second-order valence-corrected chi connectivity index (χ2v) is 6.15. The van der Waals surface area contributed by atoms with Crippen molar-refractivity contribution in [3.63, 3.8) is 0 Å². The zero-order valence-corrected chi connectivity index (χ0v) is 14.9. The Morgan fingerprint density at radius 1 is 1.19 bits per heavy atom. The molecule has 27 heavy (non-hydrogen) atoms. The van der Waals surface area contributed by atoms with Crippen molar-refractivity contribution in [2.75, 3.05) is 13.2 Å². The molecule has 11 nitrogen and oxygen atoms in total. The van der Waals surface area contributed by atoms with Crippen molar-refractivity contribution in [3.8, 4) is 6.01 Å². The van der Waals surface area contributed by atoms with Gasteiger partial charge in [-0.2, -0.15) is 4.98 Å². The Kier molecular flexibility index (Phi) is 4.87. The molecule has 1 saturated heterocycles. The van der Waals surface area contributed by atoms with Crippen molar-refractivity contribution in [2.45, 2.75) is 44.8 Å². The lowest BCUT2D eigenvalue weighted by Gasteiger charge is -2.31. The third-order valence-corrected chi connectivity index (χ3v) is 4.12. The van der Waals surface area contributed by atoms with Gasteiger partial charge >= 0.3 is 23.9 Å². The van der Waals surface area contributed by atoms with Gasteiger partial charge in [-0.15, -0.1) is 0 Å². The fraction of sp³-hybridized carbons (Fsp3) is 0.562. The number of hydrogen-bond donors (Lipinski definition) is 0. The average Bonchev–Trinajstić information content (AvgIpc) is 3.02. The van der Waals surface area contributed by atoms with E-state index in [1.54, 1.807) is 0 Å². The van der Waals surface area contributed by atoms with E-state index in [2.05, 4.69) is 4.98 Å². The van der Waals surface area contributed by atoms with Crippen LogP contribution in [-0.4, -0.2) is 58.5 Å². The van der Waals surface area contributed by atoms with E-state index in [0.717, 1.165) is 0 Å². The predicted molar refractivity (Wildman–Crippen MR) is 84.6 cm³/mol. The van der Waals surface area contributed by atoms with Gasteiger partial charge in [-0.25, -0.2) is 0 Å². The van der Waals surface area contributed by atoms with Crippen molar-refractivity contribution in [2.24, 2.45) is 0 Å². The lowest BCUT2D eigenvalue weighted by Crippen LogP contribution is -2.54. The molecule has 2 aliphatic heterocycles. The first kappa shape index (κ1) is 18.8. The van der Waals surface area contributed by atoms with Crippen molar-refractivity contribution in [1.29, 1.82) is 0 Å². The molecule has 3 rings (SSSR count). The van der Waals surface area contributed by atoms with E-state index in [4.69, 9.17) is 23.7 Å². The van der Waals surface area contributed by atoms with Crippen molar-refractivity contribution in [1.82, 2.24) is 9.55 Å². The third-order valence-electron chi connectivity index (χ3n) is 4.12. The summed E-state index contributed by atoms with van der Waals surface area (Å²) in [6.45, 7) is 3.09. The van der Waals surface area contributed by atoms with E-state index in [-0.39, 0.29) is 19.2 Å². The quantitative estimate of drug-likeness (QED) is 0.477. The monoisotopic (exact) mass is 382 g/mol. The van der Waals surface area contributed by atoms with E-state index < -0.39 is 47.5 Å². The van der Waals surface area contributed by atoms with Gasteiger partial charge in [-0.05, 0) is 0 Å². The highest BCUT2D eigenvalue weighted by Crippen LogP contribution is 2.48. The number of carbonyl (C=O) groups excluding carboxylic acids is 3. The van der Waals surface area contributed by atoms with Crippen LogP contribution in [-0.2, 0) is 33.3 Å². The van der Waals surface area contributed by atoms with Gasteiger partial charge in [0.2, 0.25) is 5.60 Å². The second kappa shape index (κ2) is 6.99. The van der Waals surface area contributed by atoms with Gasteiger partial charge in [0.1, 0.15) is 19.3 Å². The standard InChI is InChI=1S/C16H18N2O9/c1-8(19)23-6-11-13(25-10(3)21)16(7-24-9(2)20)14(26-11)18-5-4-12(22)17-15(18)27-16/h4-5,11,13-14H,6-7H2,1-3H3. The fourth-order valence-corrected chi connectivity index (χ4v) is 3.12. The molecular formula is C16H18N2O9. The minimum absolute atomic E-state index is 0.0669. The highest BCUT2D eigenvalue weighted by Gasteiger charge is 2.66. The molecule has 0 saturated carbocycles. The largest absolute Gasteiger partial charge is 0.463 e. The van der Waals surface area contributed by atoms with Gasteiger partial charge in [0.15, 0.2) is 12.3 Å².